The zero-order valence-corrected chi connectivity index (χ0v) is 11.0. The molecule has 0 saturated heterocycles. The van der Waals surface area contributed by atoms with Gasteiger partial charge in [0.05, 0.1) is 7.11 Å². The summed E-state index contributed by atoms with van der Waals surface area (Å²) in [7, 11) is 1.61. The van der Waals surface area contributed by atoms with Gasteiger partial charge in [-0.3, -0.25) is 0 Å². The third-order valence-electron chi connectivity index (χ3n) is 2.78. The van der Waals surface area contributed by atoms with E-state index in [1.807, 2.05) is 24.3 Å². The number of methoxy groups -OCH3 is 1. The van der Waals surface area contributed by atoms with Crippen molar-refractivity contribution in [1.29, 1.82) is 0 Å². The summed E-state index contributed by atoms with van der Waals surface area (Å²) in [4.78, 5) is 11.1. The van der Waals surface area contributed by atoms with E-state index in [-0.39, 0.29) is 0 Å². The Hall–Kier alpha value is -1.77. The van der Waals surface area contributed by atoms with Crippen LogP contribution in [-0.2, 0) is 4.79 Å². The summed E-state index contributed by atoms with van der Waals surface area (Å²) in [6, 6.07) is 7.39. The number of carboxylic acid groups (broad SMARTS) is 1. The Kier molecular flexibility index (Phi) is 5.98. The van der Waals surface area contributed by atoms with E-state index in [1.165, 1.54) is 0 Å². The Balaban J connectivity index is 2.76. The van der Waals surface area contributed by atoms with Gasteiger partial charge in [-0.15, -0.1) is 0 Å². The molecule has 3 heteroatoms. The van der Waals surface area contributed by atoms with Gasteiger partial charge in [0, 0.05) is 5.57 Å². The van der Waals surface area contributed by atoms with Gasteiger partial charge in [-0.05, 0) is 36.6 Å². The van der Waals surface area contributed by atoms with Crippen molar-refractivity contribution in [2.45, 2.75) is 32.6 Å². The van der Waals surface area contributed by atoms with Crippen LogP contribution >= 0.6 is 0 Å². The molecule has 0 aliphatic rings. The minimum atomic E-state index is -0.832. The molecule has 0 saturated carbocycles. The lowest BCUT2D eigenvalue weighted by molar-refractivity contribution is -0.132. The third kappa shape index (κ3) is 4.62. The molecule has 1 N–H and O–H groups in total. The average molecular weight is 248 g/mol. The second-order valence-corrected chi connectivity index (χ2v) is 4.20. The van der Waals surface area contributed by atoms with Crippen LogP contribution in [0.5, 0.6) is 5.75 Å². The Morgan fingerprint density at radius 2 is 1.94 bits per heavy atom. The number of aliphatic carboxylic acids is 1. The minimum absolute atomic E-state index is 0.466. The molecule has 1 aromatic rings. The Morgan fingerprint density at radius 3 is 2.44 bits per heavy atom. The van der Waals surface area contributed by atoms with Crippen LogP contribution in [0.1, 0.15) is 38.2 Å². The first-order valence-corrected chi connectivity index (χ1v) is 6.25. The SMILES string of the molecule is CCCCCC(=Cc1ccc(OC)cc1)C(=O)O. The quantitative estimate of drug-likeness (QED) is 0.590. The predicted octanol–water partition coefficient (Wildman–Crippen LogP) is 3.74. The molecular weight excluding hydrogens is 228 g/mol. The third-order valence-corrected chi connectivity index (χ3v) is 2.78. The first-order valence-electron chi connectivity index (χ1n) is 6.25. The Labute approximate surface area is 108 Å². The van der Waals surface area contributed by atoms with Crippen molar-refractivity contribution in [3.8, 4) is 5.75 Å². The summed E-state index contributed by atoms with van der Waals surface area (Å²) in [5.41, 5.74) is 1.36. The highest BCUT2D eigenvalue weighted by molar-refractivity contribution is 5.92. The summed E-state index contributed by atoms with van der Waals surface area (Å²) >= 11 is 0. The fourth-order valence-electron chi connectivity index (χ4n) is 1.71. The summed E-state index contributed by atoms with van der Waals surface area (Å²) in [6.45, 7) is 2.10. The molecule has 0 heterocycles. The van der Waals surface area contributed by atoms with Crippen molar-refractivity contribution in [1.82, 2.24) is 0 Å². The van der Waals surface area contributed by atoms with E-state index in [2.05, 4.69) is 6.92 Å². The van der Waals surface area contributed by atoms with Crippen LogP contribution in [0.2, 0.25) is 0 Å². The van der Waals surface area contributed by atoms with E-state index in [9.17, 15) is 4.79 Å². The molecular formula is C15H20O3. The molecule has 0 aliphatic heterocycles. The lowest BCUT2D eigenvalue weighted by Gasteiger charge is -2.03. The minimum Gasteiger partial charge on any atom is -0.497 e. The van der Waals surface area contributed by atoms with Gasteiger partial charge in [0.1, 0.15) is 5.75 Å². The molecule has 1 rings (SSSR count). The molecule has 1 aromatic carbocycles. The lowest BCUT2D eigenvalue weighted by atomic mass is 10.0. The van der Waals surface area contributed by atoms with Gasteiger partial charge in [0.15, 0.2) is 0 Å². The summed E-state index contributed by atoms with van der Waals surface area (Å²) in [5.74, 6) is -0.0584. The second-order valence-electron chi connectivity index (χ2n) is 4.20. The number of hydrogen-bond donors (Lipinski definition) is 1. The monoisotopic (exact) mass is 248 g/mol. The first-order chi connectivity index (χ1) is 8.67. The standard InChI is InChI=1S/C15H20O3/c1-3-4-5-6-13(15(16)17)11-12-7-9-14(18-2)10-8-12/h7-11H,3-6H2,1-2H3,(H,16,17). The van der Waals surface area contributed by atoms with Crippen LogP contribution in [-0.4, -0.2) is 18.2 Å². The number of rotatable bonds is 7. The highest BCUT2D eigenvalue weighted by atomic mass is 16.5. The fraction of sp³-hybridized carbons (Fsp3) is 0.400. The molecule has 0 bridgehead atoms. The molecule has 18 heavy (non-hydrogen) atoms. The van der Waals surface area contributed by atoms with Crippen LogP contribution in [0.4, 0.5) is 0 Å². The highest BCUT2D eigenvalue weighted by Gasteiger charge is 2.06. The molecule has 0 atom stereocenters. The molecule has 0 amide bonds. The maximum absolute atomic E-state index is 11.1. The summed E-state index contributed by atoms with van der Waals surface area (Å²) < 4.78 is 5.06. The van der Waals surface area contributed by atoms with Crippen molar-refractivity contribution < 1.29 is 14.6 Å². The second kappa shape index (κ2) is 7.54. The van der Waals surface area contributed by atoms with Gasteiger partial charge >= 0.3 is 5.97 Å². The zero-order valence-electron chi connectivity index (χ0n) is 11.0. The predicted molar refractivity (Wildman–Crippen MR) is 72.7 cm³/mol. The molecule has 0 fully saturated rings. The molecule has 0 aromatic heterocycles. The van der Waals surface area contributed by atoms with Crippen molar-refractivity contribution in [2.75, 3.05) is 7.11 Å². The van der Waals surface area contributed by atoms with E-state index < -0.39 is 5.97 Å². The van der Waals surface area contributed by atoms with Gasteiger partial charge in [-0.25, -0.2) is 4.79 Å². The van der Waals surface area contributed by atoms with Gasteiger partial charge in [0.2, 0.25) is 0 Å². The van der Waals surface area contributed by atoms with Crippen LogP contribution in [0, 0.1) is 0 Å². The number of hydrogen-bond acceptors (Lipinski definition) is 2. The van der Waals surface area contributed by atoms with Crippen LogP contribution in [0.3, 0.4) is 0 Å². The topological polar surface area (TPSA) is 46.5 Å². The van der Waals surface area contributed by atoms with Gasteiger partial charge in [0.25, 0.3) is 0 Å². The van der Waals surface area contributed by atoms with Gasteiger partial charge in [-0.2, -0.15) is 0 Å². The molecule has 3 nitrogen and oxygen atoms in total. The van der Waals surface area contributed by atoms with E-state index in [4.69, 9.17) is 9.84 Å². The maximum Gasteiger partial charge on any atom is 0.331 e. The van der Waals surface area contributed by atoms with Crippen molar-refractivity contribution in [3.63, 3.8) is 0 Å². The molecule has 0 unspecified atom stereocenters. The average Bonchev–Trinajstić information content (AvgIpc) is 2.38. The van der Waals surface area contributed by atoms with Gasteiger partial charge < -0.3 is 9.84 Å². The molecule has 98 valence electrons. The zero-order chi connectivity index (χ0) is 13.4. The number of carbonyl (C=O) groups is 1. The smallest absolute Gasteiger partial charge is 0.331 e. The molecule has 0 aliphatic carbocycles. The van der Waals surface area contributed by atoms with E-state index in [1.54, 1.807) is 13.2 Å². The number of benzene rings is 1. The Bertz CT molecular complexity index is 404. The Morgan fingerprint density at radius 1 is 1.28 bits per heavy atom. The highest BCUT2D eigenvalue weighted by Crippen LogP contribution is 2.17. The maximum atomic E-state index is 11.1. The molecule has 0 spiro atoms. The van der Waals surface area contributed by atoms with E-state index in [0.717, 1.165) is 30.6 Å². The van der Waals surface area contributed by atoms with E-state index >= 15 is 0 Å². The largest absolute Gasteiger partial charge is 0.497 e. The fourth-order valence-corrected chi connectivity index (χ4v) is 1.71. The van der Waals surface area contributed by atoms with Crippen molar-refractivity contribution in [2.24, 2.45) is 0 Å². The number of ether oxygens (including phenoxy) is 1. The normalized spacial score (nSPS) is 11.3. The van der Waals surface area contributed by atoms with Crippen LogP contribution in [0.15, 0.2) is 29.8 Å². The van der Waals surface area contributed by atoms with Crippen LogP contribution < -0.4 is 4.74 Å². The first kappa shape index (κ1) is 14.3. The van der Waals surface area contributed by atoms with Crippen molar-refractivity contribution >= 4 is 12.0 Å². The van der Waals surface area contributed by atoms with Crippen LogP contribution in [0.25, 0.3) is 6.08 Å². The van der Waals surface area contributed by atoms with Crippen molar-refractivity contribution in [3.05, 3.63) is 35.4 Å². The molecule has 0 radical (unpaired) electrons. The van der Waals surface area contributed by atoms with Gasteiger partial charge in [-0.1, -0.05) is 31.9 Å². The lowest BCUT2D eigenvalue weighted by Crippen LogP contribution is -2.00. The van der Waals surface area contributed by atoms with E-state index in [0.29, 0.717) is 12.0 Å². The number of unbranched alkanes of at least 4 members (excludes halogenated alkanes) is 2. The summed E-state index contributed by atoms with van der Waals surface area (Å²) in [6.07, 6.45) is 5.43. The summed E-state index contributed by atoms with van der Waals surface area (Å²) in [5, 5.41) is 9.14. The number of carboxylic acids is 1.